The Labute approximate surface area is 128 Å². The SMILES string of the molecule is CCN(C(=O)Nc1cccc(C(C)N)c1)C(C)CN(C)C. The molecule has 118 valence electrons. The summed E-state index contributed by atoms with van der Waals surface area (Å²) < 4.78 is 0. The number of likely N-dealkylation sites (N-methyl/N-ethyl adjacent to an activating group) is 2. The van der Waals surface area contributed by atoms with Gasteiger partial charge in [-0.05, 0) is 52.6 Å². The summed E-state index contributed by atoms with van der Waals surface area (Å²) in [6.07, 6.45) is 0. The van der Waals surface area contributed by atoms with Gasteiger partial charge in [-0.25, -0.2) is 4.79 Å². The number of nitrogens with two attached hydrogens (primary N) is 1. The summed E-state index contributed by atoms with van der Waals surface area (Å²) in [4.78, 5) is 16.3. The van der Waals surface area contributed by atoms with E-state index in [4.69, 9.17) is 5.73 Å². The summed E-state index contributed by atoms with van der Waals surface area (Å²) >= 11 is 0. The molecule has 0 heterocycles. The van der Waals surface area contributed by atoms with Gasteiger partial charge in [0.1, 0.15) is 0 Å². The second-order valence-corrected chi connectivity index (χ2v) is 5.74. The van der Waals surface area contributed by atoms with Crippen molar-refractivity contribution in [3.8, 4) is 0 Å². The average Bonchev–Trinajstić information content (AvgIpc) is 2.38. The first-order chi connectivity index (χ1) is 9.85. The predicted molar refractivity (Wildman–Crippen MR) is 88.5 cm³/mol. The van der Waals surface area contributed by atoms with Gasteiger partial charge in [0.2, 0.25) is 0 Å². The van der Waals surface area contributed by atoms with Crippen LogP contribution in [0.2, 0.25) is 0 Å². The monoisotopic (exact) mass is 292 g/mol. The van der Waals surface area contributed by atoms with E-state index >= 15 is 0 Å². The molecular weight excluding hydrogens is 264 g/mol. The Morgan fingerprint density at radius 3 is 2.52 bits per heavy atom. The van der Waals surface area contributed by atoms with E-state index in [0.29, 0.717) is 6.54 Å². The van der Waals surface area contributed by atoms with Gasteiger partial charge in [-0.1, -0.05) is 12.1 Å². The standard InChI is InChI=1S/C16H28N4O/c1-6-20(12(2)11-19(4)5)16(21)18-15-9-7-8-14(10-15)13(3)17/h7-10,12-13H,6,11,17H2,1-5H3,(H,18,21). The summed E-state index contributed by atoms with van der Waals surface area (Å²) in [5.74, 6) is 0. The molecule has 2 amide bonds. The molecule has 0 saturated heterocycles. The van der Waals surface area contributed by atoms with Crippen molar-refractivity contribution in [2.24, 2.45) is 5.73 Å². The Morgan fingerprint density at radius 1 is 1.33 bits per heavy atom. The minimum atomic E-state index is -0.0753. The molecule has 0 aliphatic rings. The van der Waals surface area contributed by atoms with E-state index < -0.39 is 0 Å². The fraction of sp³-hybridized carbons (Fsp3) is 0.562. The molecule has 0 radical (unpaired) electrons. The van der Waals surface area contributed by atoms with E-state index in [1.165, 1.54) is 0 Å². The normalized spacial score (nSPS) is 13.9. The number of hydrogen-bond donors (Lipinski definition) is 2. The van der Waals surface area contributed by atoms with Crippen molar-refractivity contribution < 1.29 is 4.79 Å². The summed E-state index contributed by atoms with van der Waals surface area (Å²) in [5.41, 5.74) is 7.67. The Morgan fingerprint density at radius 2 is 2.00 bits per heavy atom. The number of benzene rings is 1. The highest BCUT2D eigenvalue weighted by atomic mass is 16.2. The molecule has 0 fully saturated rings. The molecule has 0 aliphatic carbocycles. The van der Waals surface area contributed by atoms with Crippen LogP contribution in [0.1, 0.15) is 32.4 Å². The Kier molecular flexibility index (Phi) is 6.65. The van der Waals surface area contributed by atoms with E-state index in [0.717, 1.165) is 17.8 Å². The van der Waals surface area contributed by atoms with Gasteiger partial charge in [0.15, 0.2) is 0 Å². The molecule has 0 saturated carbocycles. The smallest absolute Gasteiger partial charge is 0.322 e. The molecule has 5 heteroatoms. The zero-order valence-corrected chi connectivity index (χ0v) is 13.8. The van der Waals surface area contributed by atoms with Gasteiger partial charge in [-0.3, -0.25) is 0 Å². The molecule has 0 spiro atoms. The van der Waals surface area contributed by atoms with Crippen LogP contribution in [0.15, 0.2) is 24.3 Å². The van der Waals surface area contributed by atoms with E-state index in [1.807, 2.05) is 57.1 Å². The third kappa shape index (κ3) is 5.36. The fourth-order valence-electron chi connectivity index (χ4n) is 2.38. The highest BCUT2D eigenvalue weighted by Crippen LogP contribution is 2.16. The van der Waals surface area contributed by atoms with Crippen molar-refractivity contribution in [1.82, 2.24) is 9.80 Å². The van der Waals surface area contributed by atoms with Crippen LogP contribution >= 0.6 is 0 Å². The van der Waals surface area contributed by atoms with Gasteiger partial charge in [0, 0.05) is 30.9 Å². The fourth-order valence-corrected chi connectivity index (χ4v) is 2.38. The molecule has 0 aromatic heterocycles. The summed E-state index contributed by atoms with van der Waals surface area (Å²) in [7, 11) is 4.02. The number of urea groups is 1. The van der Waals surface area contributed by atoms with Crippen molar-refractivity contribution in [2.75, 3.05) is 32.5 Å². The Balaban J connectivity index is 2.76. The highest BCUT2D eigenvalue weighted by Gasteiger charge is 2.19. The lowest BCUT2D eigenvalue weighted by Crippen LogP contribution is -2.45. The first-order valence-electron chi connectivity index (χ1n) is 7.43. The zero-order chi connectivity index (χ0) is 16.0. The van der Waals surface area contributed by atoms with Crippen LogP contribution in [0.25, 0.3) is 0 Å². The molecule has 2 unspecified atom stereocenters. The van der Waals surface area contributed by atoms with Crippen LogP contribution in [-0.2, 0) is 0 Å². The van der Waals surface area contributed by atoms with Crippen molar-refractivity contribution in [2.45, 2.75) is 32.9 Å². The van der Waals surface area contributed by atoms with E-state index in [9.17, 15) is 4.79 Å². The average molecular weight is 292 g/mol. The minimum Gasteiger partial charge on any atom is -0.324 e. The van der Waals surface area contributed by atoms with E-state index in [2.05, 4.69) is 17.1 Å². The first kappa shape index (κ1) is 17.5. The van der Waals surface area contributed by atoms with E-state index in [1.54, 1.807) is 0 Å². The molecule has 1 aromatic carbocycles. The van der Waals surface area contributed by atoms with Crippen LogP contribution in [0.4, 0.5) is 10.5 Å². The lowest BCUT2D eigenvalue weighted by molar-refractivity contribution is 0.181. The van der Waals surface area contributed by atoms with Crippen LogP contribution in [0, 0.1) is 0 Å². The third-order valence-electron chi connectivity index (χ3n) is 3.43. The summed E-state index contributed by atoms with van der Waals surface area (Å²) in [6.45, 7) is 7.49. The second-order valence-electron chi connectivity index (χ2n) is 5.74. The van der Waals surface area contributed by atoms with Crippen LogP contribution < -0.4 is 11.1 Å². The lowest BCUT2D eigenvalue weighted by atomic mass is 10.1. The topological polar surface area (TPSA) is 61.6 Å². The van der Waals surface area contributed by atoms with Gasteiger partial charge in [-0.15, -0.1) is 0 Å². The predicted octanol–water partition coefficient (Wildman–Crippen LogP) is 2.51. The molecule has 3 N–H and O–H groups in total. The number of carbonyl (C=O) groups is 1. The molecule has 2 atom stereocenters. The maximum atomic E-state index is 12.4. The van der Waals surface area contributed by atoms with Crippen molar-refractivity contribution in [3.05, 3.63) is 29.8 Å². The summed E-state index contributed by atoms with van der Waals surface area (Å²) in [6, 6.07) is 7.72. The molecule has 1 aromatic rings. The third-order valence-corrected chi connectivity index (χ3v) is 3.43. The number of carbonyl (C=O) groups excluding carboxylic acids is 1. The number of hydrogen-bond acceptors (Lipinski definition) is 3. The van der Waals surface area contributed by atoms with Gasteiger partial charge >= 0.3 is 6.03 Å². The lowest BCUT2D eigenvalue weighted by Gasteiger charge is -2.30. The Bertz CT molecular complexity index is 459. The molecule has 5 nitrogen and oxygen atoms in total. The first-order valence-corrected chi connectivity index (χ1v) is 7.43. The quantitative estimate of drug-likeness (QED) is 0.847. The van der Waals surface area contributed by atoms with Gasteiger partial charge < -0.3 is 20.9 Å². The van der Waals surface area contributed by atoms with Crippen LogP contribution in [0.3, 0.4) is 0 Å². The minimum absolute atomic E-state index is 0.0446. The number of nitrogens with one attached hydrogen (secondary N) is 1. The highest BCUT2D eigenvalue weighted by molar-refractivity contribution is 5.89. The second kappa shape index (κ2) is 8.00. The largest absolute Gasteiger partial charge is 0.324 e. The van der Waals surface area contributed by atoms with Crippen LogP contribution in [-0.4, -0.2) is 49.1 Å². The molecule has 0 aliphatic heterocycles. The molecular formula is C16H28N4O. The maximum absolute atomic E-state index is 12.4. The zero-order valence-electron chi connectivity index (χ0n) is 13.8. The molecule has 1 rings (SSSR count). The van der Waals surface area contributed by atoms with Gasteiger partial charge in [0.25, 0.3) is 0 Å². The number of amides is 2. The van der Waals surface area contributed by atoms with Crippen molar-refractivity contribution in [1.29, 1.82) is 0 Å². The van der Waals surface area contributed by atoms with Gasteiger partial charge in [0.05, 0.1) is 0 Å². The number of rotatable bonds is 6. The van der Waals surface area contributed by atoms with Crippen molar-refractivity contribution in [3.63, 3.8) is 0 Å². The molecule has 21 heavy (non-hydrogen) atoms. The summed E-state index contributed by atoms with van der Waals surface area (Å²) in [5, 5.41) is 2.96. The van der Waals surface area contributed by atoms with Crippen molar-refractivity contribution >= 4 is 11.7 Å². The van der Waals surface area contributed by atoms with Crippen LogP contribution in [0.5, 0.6) is 0 Å². The van der Waals surface area contributed by atoms with E-state index in [-0.39, 0.29) is 18.1 Å². The Hall–Kier alpha value is -1.59. The number of nitrogens with zero attached hydrogens (tertiary/aromatic N) is 2. The number of anilines is 1. The van der Waals surface area contributed by atoms with Gasteiger partial charge in [-0.2, -0.15) is 0 Å². The maximum Gasteiger partial charge on any atom is 0.322 e. The molecule has 0 bridgehead atoms.